The third-order valence-electron chi connectivity index (χ3n) is 6.37. The van der Waals surface area contributed by atoms with E-state index in [9.17, 15) is 4.79 Å². The zero-order chi connectivity index (χ0) is 24.2. The minimum absolute atomic E-state index is 0.146. The van der Waals surface area contributed by atoms with Crippen LogP contribution in [0.4, 0.5) is 5.69 Å². The van der Waals surface area contributed by atoms with E-state index in [0.717, 1.165) is 42.9 Å². The number of carbonyl (C=O) groups is 1. The van der Waals surface area contributed by atoms with Crippen molar-refractivity contribution in [2.24, 2.45) is 0 Å². The molecule has 3 aromatic rings. The van der Waals surface area contributed by atoms with Crippen LogP contribution < -0.4 is 9.47 Å². The summed E-state index contributed by atoms with van der Waals surface area (Å²) in [6, 6.07) is 18.5. The van der Waals surface area contributed by atoms with Crippen molar-refractivity contribution in [3.63, 3.8) is 0 Å². The van der Waals surface area contributed by atoms with Crippen LogP contribution in [0.3, 0.4) is 0 Å². The molecule has 0 bridgehead atoms. The number of hydrogen-bond acceptors (Lipinski definition) is 5. The molecule has 178 valence electrons. The van der Waals surface area contributed by atoms with Crippen LogP contribution in [0.25, 0.3) is 16.0 Å². The average molecular weight is 470 g/mol. The van der Waals surface area contributed by atoms with Crippen LogP contribution in [-0.4, -0.2) is 38.5 Å². The number of benzene rings is 3. The van der Waals surface area contributed by atoms with Gasteiger partial charge >= 0.3 is 5.97 Å². The Labute approximate surface area is 205 Å². The molecule has 1 fully saturated rings. The monoisotopic (exact) mass is 469 g/mol. The van der Waals surface area contributed by atoms with Gasteiger partial charge in [0.1, 0.15) is 17.6 Å². The van der Waals surface area contributed by atoms with Gasteiger partial charge in [-0.1, -0.05) is 31.2 Å². The molecule has 6 heteroatoms. The van der Waals surface area contributed by atoms with Gasteiger partial charge < -0.3 is 18.9 Å². The summed E-state index contributed by atoms with van der Waals surface area (Å²) in [5, 5.41) is 0. The molecule has 1 aliphatic heterocycles. The first-order valence-corrected chi connectivity index (χ1v) is 11.9. The van der Waals surface area contributed by atoms with Gasteiger partial charge in [0.2, 0.25) is 0 Å². The van der Waals surface area contributed by atoms with E-state index in [1.807, 2.05) is 18.2 Å². The molecule has 3 aromatic carbocycles. The molecule has 0 N–H and O–H groups in total. The number of nitrogens with zero attached hydrogens (tertiary/aromatic N) is 1. The van der Waals surface area contributed by atoms with Crippen molar-refractivity contribution in [3.8, 4) is 22.6 Å². The fourth-order valence-corrected chi connectivity index (χ4v) is 4.32. The maximum atomic E-state index is 12.7. The molecule has 0 radical (unpaired) electrons. The van der Waals surface area contributed by atoms with Gasteiger partial charge in [-0.2, -0.15) is 0 Å². The van der Waals surface area contributed by atoms with Gasteiger partial charge in [-0.25, -0.2) is 9.64 Å². The smallest absolute Gasteiger partial charge is 0.343 e. The minimum Gasteiger partial charge on any atom is -0.494 e. The van der Waals surface area contributed by atoms with Gasteiger partial charge in [0, 0.05) is 12.5 Å². The SMILES string of the molecule is [C-]#[N+]c1ccc(OC(=O)c2ccc3c(c2)C(C)c2cc(OCCCCOCC4CO4)ccc2-3)cc1. The number of carbonyl (C=O) groups excluding carboxylic acids is 1. The lowest BCUT2D eigenvalue weighted by atomic mass is 9.98. The Morgan fingerprint density at radius 2 is 1.66 bits per heavy atom. The summed E-state index contributed by atoms with van der Waals surface area (Å²) >= 11 is 0. The van der Waals surface area contributed by atoms with Crippen molar-refractivity contribution in [1.82, 2.24) is 0 Å². The highest BCUT2D eigenvalue weighted by Crippen LogP contribution is 2.46. The van der Waals surface area contributed by atoms with E-state index in [4.69, 9.17) is 25.5 Å². The van der Waals surface area contributed by atoms with Gasteiger partial charge in [-0.15, -0.1) is 0 Å². The maximum absolute atomic E-state index is 12.7. The fraction of sp³-hybridized carbons (Fsp3) is 0.310. The molecule has 5 rings (SSSR count). The van der Waals surface area contributed by atoms with Crippen molar-refractivity contribution >= 4 is 11.7 Å². The summed E-state index contributed by atoms with van der Waals surface area (Å²) in [5.74, 6) is 1.01. The van der Waals surface area contributed by atoms with E-state index >= 15 is 0 Å². The third kappa shape index (κ3) is 5.37. The van der Waals surface area contributed by atoms with Crippen LogP contribution in [0.1, 0.15) is 47.2 Å². The predicted molar refractivity (Wildman–Crippen MR) is 132 cm³/mol. The van der Waals surface area contributed by atoms with E-state index in [0.29, 0.717) is 36.3 Å². The largest absolute Gasteiger partial charge is 0.494 e. The molecule has 0 saturated carbocycles. The molecule has 0 spiro atoms. The number of fused-ring (bicyclic) bond motifs is 3. The molecule has 1 heterocycles. The number of epoxide rings is 1. The predicted octanol–water partition coefficient (Wildman–Crippen LogP) is 6.16. The van der Waals surface area contributed by atoms with Crippen molar-refractivity contribution in [2.45, 2.75) is 31.8 Å². The molecule has 0 aromatic heterocycles. The zero-order valence-electron chi connectivity index (χ0n) is 19.7. The number of rotatable bonds is 10. The molecule has 0 amide bonds. The first kappa shape index (κ1) is 23.1. The van der Waals surface area contributed by atoms with E-state index < -0.39 is 5.97 Å². The summed E-state index contributed by atoms with van der Waals surface area (Å²) in [6.07, 6.45) is 2.21. The summed E-state index contributed by atoms with van der Waals surface area (Å²) < 4.78 is 22.2. The second kappa shape index (κ2) is 10.3. The van der Waals surface area contributed by atoms with E-state index in [1.165, 1.54) is 11.1 Å². The molecule has 2 aliphatic rings. The maximum Gasteiger partial charge on any atom is 0.343 e. The second-order valence-electron chi connectivity index (χ2n) is 8.85. The molecule has 35 heavy (non-hydrogen) atoms. The van der Waals surface area contributed by atoms with Crippen LogP contribution in [-0.2, 0) is 9.47 Å². The fourth-order valence-electron chi connectivity index (χ4n) is 4.32. The van der Waals surface area contributed by atoms with Gasteiger partial charge in [0.05, 0.1) is 32.0 Å². The first-order valence-electron chi connectivity index (χ1n) is 11.9. The van der Waals surface area contributed by atoms with E-state index in [-0.39, 0.29) is 5.92 Å². The molecule has 6 nitrogen and oxygen atoms in total. The summed E-state index contributed by atoms with van der Waals surface area (Å²) in [6.45, 7) is 12.1. The lowest BCUT2D eigenvalue weighted by molar-refractivity contribution is 0.0734. The highest BCUT2D eigenvalue weighted by Gasteiger charge is 2.27. The Kier molecular flexibility index (Phi) is 6.80. The number of unbranched alkanes of at least 4 members (excludes halogenated alkanes) is 1. The first-order chi connectivity index (χ1) is 17.1. The number of hydrogen-bond donors (Lipinski definition) is 0. The minimum atomic E-state index is -0.413. The van der Waals surface area contributed by atoms with Crippen LogP contribution in [0.15, 0.2) is 60.7 Å². The second-order valence-corrected chi connectivity index (χ2v) is 8.85. The van der Waals surface area contributed by atoms with Crippen molar-refractivity contribution < 1.29 is 23.7 Å². The van der Waals surface area contributed by atoms with Crippen molar-refractivity contribution in [1.29, 1.82) is 0 Å². The van der Waals surface area contributed by atoms with Gasteiger partial charge in [0.25, 0.3) is 0 Å². The van der Waals surface area contributed by atoms with E-state index in [1.54, 1.807) is 30.3 Å². The van der Waals surface area contributed by atoms with Gasteiger partial charge in [-0.3, -0.25) is 0 Å². The molecule has 1 aliphatic carbocycles. The van der Waals surface area contributed by atoms with Crippen LogP contribution >= 0.6 is 0 Å². The van der Waals surface area contributed by atoms with Crippen LogP contribution in [0.5, 0.6) is 11.5 Å². The summed E-state index contributed by atoms with van der Waals surface area (Å²) in [4.78, 5) is 16.1. The van der Waals surface area contributed by atoms with Crippen molar-refractivity contribution in [3.05, 3.63) is 88.8 Å². The molecular weight excluding hydrogens is 442 g/mol. The van der Waals surface area contributed by atoms with Crippen LogP contribution in [0, 0.1) is 6.57 Å². The zero-order valence-corrected chi connectivity index (χ0v) is 19.7. The standard InChI is InChI=1S/C29H27NO5/c1-19-27-15-20(29(31)35-22-8-6-21(30-2)7-9-22)5-11-25(27)26-12-10-23(16-28(19)26)33-14-4-3-13-32-17-24-18-34-24/h5-12,15-16,19,24H,3-4,13-14,17-18H2,1H3. The molecular formula is C29H27NO5. The summed E-state index contributed by atoms with van der Waals surface area (Å²) in [7, 11) is 0. The topological polar surface area (TPSA) is 61.7 Å². The lowest BCUT2D eigenvalue weighted by Gasteiger charge is -2.11. The Bertz CT molecular complexity index is 1260. The average Bonchev–Trinajstić information content (AvgIpc) is 3.68. The van der Waals surface area contributed by atoms with Crippen LogP contribution in [0.2, 0.25) is 0 Å². The molecule has 2 atom stereocenters. The van der Waals surface area contributed by atoms with Gasteiger partial charge in [0.15, 0.2) is 5.69 Å². The normalized spacial score (nSPS) is 17.3. The lowest BCUT2D eigenvalue weighted by Crippen LogP contribution is -2.09. The third-order valence-corrected chi connectivity index (χ3v) is 6.37. The van der Waals surface area contributed by atoms with E-state index in [2.05, 4.69) is 23.9 Å². The Morgan fingerprint density at radius 3 is 2.40 bits per heavy atom. The van der Waals surface area contributed by atoms with Crippen molar-refractivity contribution in [2.75, 3.05) is 26.4 Å². The molecule has 1 saturated heterocycles. The highest BCUT2D eigenvalue weighted by molar-refractivity contribution is 5.93. The Morgan fingerprint density at radius 1 is 0.971 bits per heavy atom. The van der Waals surface area contributed by atoms with Gasteiger partial charge in [-0.05, 0) is 71.5 Å². The number of ether oxygens (including phenoxy) is 4. The quantitative estimate of drug-likeness (QED) is 0.117. The number of esters is 1. The Hall–Kier alpha value is -3.66. The summed E-state index contributed by atoms with van der Waals surface area (Å²) in [5.41, 5.74) is 5.62. The Balaban J connectivity index is 1.19. The molecule has 2 unspecified atom stereocenters. The highest BCUT2D eigenvalue weighted by atomic mass is 16.6.